The molecule has 2 heterocycles. The molecule has 0 spiro atoms. The molecule has 0 amide bonds. The second-order valence-electron chi connectivity index (χ2n) is 3.85. The van der Waals surface area contributed by atoms with Crippen molar-refractivity contribution in [3.63, 3.8) is 0 Å². The molecule has 1 aliphatic heterocycles. The second-order valence-corrected chi connectivity index (χ2v) is 4.71. The maximum absolute atomic E-state index is 13.1. The SMILES string of the molecule is C[C@H]1CC(F)(F)CN1c1csc(C(=O)O)n1. The summed E-state index contributed by atoms with van der Waals surface area (Å²) in [6, 6.07) is -0.321. The van der Waals surface area contributed by atoms with Gasteiger partial charge in [-0.25, -0.2) is 18.6 Å². The zero-order valence-electron chi connectivity index (χ0n) is 8.48. The smallest absolute Gasteiger partial charge is 0.365 e. The van der Waals surface area contributed by atoms with Crippen molar-refractivity contribution in [3.05, 3.63) is 10.4 Å². The van der Waals surface area contributed by atoms with E-state index in [1.54, 1.807) is 6.92 Å². The van der Waals surface area contributed by atoms with Gasteiger partial charge < -0.3 is 10.0 Å². The number of thiazole rings is 1. The third kappa shape index (κ3) is 1.99. The molecule has 0 aliphatic carbocycles. The first kappa shape index (κ1) is 11.3. The van der Waals surface area contributed by atoms with E-state index in [0.717, 1.165) is 11.3 Å². The van der Waals surface area contributed by atoms with Gasteiger partial charge in [0.05, 0.1) is 6.54 Å². The Hall–Kier alpha value is -1.24. The number of carboxylic acids is 1. The summed E-state index contributed by atoms with van der Waals surface area (Å²) in [7, 11) is 0. The van der Waals surface area contributed by atoms with E-state index in [1.807, 2.05) is 0 Å². The number of carboxylic acid groups (broad SMARTS) is 1. The molecule has 1 aromatic rings. The highest BCUT2D eigenvalue weighted by Crippen LogP contribution is 2.35. The number of nitrogens with zero attached hydrogens (tertiary/aromatic N) is 2. The van der Waals surface area contributed by atoms with Gasteiger partial charge in [0.1, 0.15) is 5.82 Å². The van der Waals surface area contributed by atoms with Crippen LogP contribution in [0.2, 0.25) is 0 Å². The first-order valence-corrected chi connectivity index (χ1v) is 5.60. The van der Waals surface area contributed by atoms with Crippen LogP contribution in [0.5, 0.6) is 0 Å². The zero-order chi connectivity index (χ0) is 11.9. The lowest BCUT2D eigenvalue weighted by molar-refractivity contribution is 0.0229. The topological polar surface area (TPSA) is 53.4 Å². The van der Waals surface area contributed by atoms with E-state index in [-0.39, 0.29) is 17.5 Å². The quantitative estimate of drug-likeness (QED) is 0.870. The van der Waals surface area contributed by atoms with Gasteiger partial charge in [-0.15, -0.1) is 11.3 Å². The summed E-state index contributed by atoms with van der Waals surface area (Å²) >= 11 is 0.949. The number of aromatic carboxylic acids is 1. The molecule has 1 aromatic heterocycles. The molecule has 1 atom stereocenters. The van der Waals surface area contributed by atoms with E-state index in [2.05, 4.69) is 4.98 Å². The second kappa shape index (κ2) is 3.65. The van der Waals surface area contributed by atoms with Crippen LogP contribution in [-0.4, -0.2) is 34.6 Å². The van der Waals surface area contributed by atoms with E-state index in [1.165, 1.54) is 10.3 Å². The summed E-state index contributed by atoms with van der Waals surface area (Å²) in [5.74, 6) is -3.52. The monoisotopic (exact) mass is 248 g/mol. The van der Waals surface area contributed by atoms with Gasteiger partial charge in [-0.2, -0.15) is 0 Å². The summed E-state index contributed by atoms with van der Waals surface area (Å²) in [6.07, 6.45) is -0.215. The molecule has 0 radical (unpaired) electrons. The molecule has 16 heavy (non-hydrogen) atoms. The highest BCUT2D eigenvalue weighted by molar-refractivity contribution is 7.11. The number of halogens is 2. The summed E-state index contributed by atoms with van der Waals surface area (Å²) < 4.78 is 26.2. The molecule has 1 aliphatic rings. The molecule has 0 aromatic carbocycles. The Balaban J connectivity index is 2.21. The van der Waals surface area contributed by atoms with Crippen molar-refractivity contribution in [2.45, 2.75) is 25.3 Å². The average molecular weight is 248 g/mol. The number of carbonyl (C=O) groups is 1. The molecule has 1 saturated heterocycles. The van der Waals surface area contributed by atoms with Gasteiger partial charge in [0.15, 0.2) is 0 Å². The number of alkyl halides is 2. The number of aromatic nitrogens is 1. The van der Waals surface area contributed by atoms with Crippen LogP contribution in [0.15, 0.2) is 5.38 Å². The molecule has 4 nitrogen and oxygen atoms in total. The first-order valence-electron chi connectivity index (χ1n) is 4.72. The van der Waals surface area contributed by atoms with Crippen LogP contribution >= 0.6 is 11.3 Å². The molecule has 0 unspecified atom stereocenters. The van der Waals surface area contributed by atoms with Crippen molar-refractivity contribution >= 4 is 23.1 Å². The summed E-state index contributed by atoms with van der Waals surface area (Å²) in [6.45, 7) is 1.29. The molecular weight excluding hydrogens is 238 g/mol. The Morgan fingerprint density at radius 1 is 1.75 bits per heavy atom. The van der Waals surface area contributed by atoms with Gasteiger partial charge in [-0.05, 0) is 6.92 Å². The zero-order valence-corrected chi connectivity index (χ0v) is 9.30. The van der Waals surface area contributed by atoms with Crippen LogP contribution in [0.25, 0.3) is 0 Å². The van der Waals surface area contributed by atoms with E-state index < -0.39 is 18.4 Å². The van der Waals surface area contributed by atoms with Crippen LogP contribution in [0, 0.1) is 0 Å². The molecule has 7 heteroatoms. The van der Waals surface area contributed by atoms with E-state index in [0.29, 0.717) is 5.82 Å². The van der Waals surface area contributed by atoms with Crippen molar-refractivity contribution in [1.82, 2.24) is 4.98 Å². The maximum Gasteiger partial charge on any atom is 0.365 e. The Kier molecular flexibility index (Phi) is 2.57. The van der Waals surface area contributed by atoms with E-state index in [9.17, 15) is 13.6 Å². The highest BCUT2D eigenvalue weighted by atomic mass is 32.1. The van der Waals surface area contributed by atoms with Crippen molar-refractivity contribution in [2.24, 2.45) is 0 Å². The Labute approximate surface area is 94.5 Å². The maximum atomic E-state index is 13.1. The first-order chi connectivity index (χ1) is 7.39. The number of hydrogen-bond donors (Lipinski definition) is 1. The highest BCUT2D eigenvalue weighted by Gasteiger charge is 2.43. The predicted octanol–water partition coefficient (Wildman–Crippen LogP) is 2.08. The van der Waals surface area contributed by atoms with Crippen LogP contribution < -0.4 is 4.90 Å². The van der Waals surface area contributed by atoms with Gasteiger partial charge in [-0.3, -0.25) is 0 Å². The number of anilines is 1. The van der Waals surface area contributed by atoms with Gasteiger partial charge in [0.25, 0.3) is 5.92 Å². The average Bonchev–Trinajstić information content (AvgIpc) is 2.69. The lowest BCUT2D eigenvalue weighted by Crippen LogP contribution is -2.28. The summed E-state index contributed by atoms with van der Waals surface area (Å²) in [4.78, 5) is 15.9. The van der Waals surface area contributed by atoms with Crippen LogP contribution in [0.4, 0.5) is 14.6 Å². The summed E-state index contributed by atoms with van der Waals surface area (Å²) in [5.41, 5.74) is 0. The minimum atomic E-state index is -2.72. The lowest BCUT2D eigenvalue weighted by Gasteiger charge is -2.19. The largest absolute Gasteiger partial charge is 0.476 e. The fourth-order valence-corrected chi connectivity index (χ4v) is 2.47. The van der Waals surface area contributed by atoms with Crippen LogP contribution in [0.1, 0.15) is 23.1 Å². The van der Waals surface area contributed by atoms with Crippen molar-refractivity contribution < 1.29 is 18.7 Å². The Morgan fingerprint density at radius 3 is 2.88 bits per heavy atom. The van der Waals surface area contributed by atoms with E-state index >= 15 is 0 Å². The molecule has 1 fully saturated rings. The molecule has 0 bridgehead atoms. The van der Waals surface area contributed by atoms with Gasteiger partial charge >= 0.3 is 5.97 Å². The predicted molar refractivity (Wildman–Crippen MR) is 55.4 cm³/mol. The van der Waals surface area contributed by atoms with Crippen molar-refractivity contribution in [2.75, 3.05) is 11.4 Å². The molecule has 1 N–H and O–H groups in total. The fourth-order valence-electron chi connectivity index (χ4n) is 1.81. The molecular formula is C9H10F2N2O2S. The Bertz CT molecular complexity index is 421. The number of hydrogen-bond acceptors (Lipinski definition) is 4. The van der Waals surface area contributed by atoms with Gasteiger partial charge in [0, 0.05) is 17.8 Å². The van der Waals surface area contributed by atoms with Gasteiger partial charge in [0.2, 0.25) is 5.01 Å². The van der Waals surface area contributed by atoms with Crippen molar-refractivity contribution in [3.8, 4) is 0 Å². The van der Waals surface area contributed by atoms with Crippen molar-refractivity contribution in [1.29, 1.82) is 0 Å². The fraction of sp³-hybridized carbons (Fsp3) is 0.556. The van der Waals surface area contributed by atoms with Gasteiger partial charge in [-0.1, -0.05) is 0 Å². The third-order valence-corrected chi connectivity index (χ3v) is 3.31. The van der Waals surface area contributed by atoms with E-state index in [4.69, 9.17) is 5.11 Å². The van der Waals surface area contributed by atoms with Crippen LogP contribution in [0.3, 0.4) is 0 Å². The minimum absolute atomic E-state index is 0.0718. The van der Waals surface area contributed by atoms with Crippen LogP contribution in [-0.2, 0) is 0 Å². The molecule has 88 valence electrons. The lowest BCUT2D eigenvalue weighted by atomic mass is 10.2. The standard InChI is InChI=1S/C9H10F2N2O2S/c1-5-2-9(10,11)4-13(5)6-3-16-7(12-6)8(14)15/h3,5H,2,4H2,1H3,(H,14,15)/t5-/m0/s1. The molecule has 2 rings (SSSR count). The third-order valence-electron chi connectivity index (χ3n) is 2.50. The number of rotatable bonds is 2. The Morgan fingerprint density at radius 2 is 2.44 bits per heavy atom. The summed E-state index contributed by atoms with van der Waals surface area (Å²) in [5, 5.41) is 10.1. The normalized spacial score (nSPS) is 23.7. The molecule has 0 saturated carbocycles. The minimum Gasteiger partial charge on any atom is -0.476 e.